The van der Waals surface area contributed by atoms with E-state index in [1.54, 1.807) is 12.1 Å². The minimum absolute atomic E-state index is 0.193. The van der Waals surface area contributed by atoms with Gasteiger partial charge in [-0.2, -0.15) is 5.26 Å². The molecule has 0 saturated heterocycles. The van der Waals surface area contributed by atoms with Gasteiger partial charge in [0.25, 0.3) is 5.91 Å². The van der Waals surface area contributed by atoms with E-state index in [0.717, 1.165) is 5.69 Å². The van der Waals surface area contributed by atoms with Crippen LogP contribution in [-0.4, -0.2) is 15.9 Å². The van der Waals surface area contributed by atoms with Crippen molar-refractivity contribution in [1.82, 2.24) is 15.3 Å². The Bertz CT molecular complexity index is 655. The first-order valence-corrected chi connectivity index (χ1v) is 6.22. The summed E-state index contributed by atoms with van der Waals surface area (Å²) in [4.78, 5) is 19.2. The third-order valence-corrected chi connectivity index (χ3v) is 2.80. The molecule has 0 bridgehead atoms. The lowest BCUT2D eigenvalue weighted by atomic mass is 9.90. The zero-order valence-corrected chi connectivity index (χ0v) is 11.7. The third kappa shape index (κ3) is 2.88. The molecule has 104 valence electrons. The van der Waals surface area contributed by atoms with Gasteiger partial charge in [-0.25, -0.2) is 4.98 Å². The first-order valence-electron chi connectivity index (χ1n) is 6.22. The van der Waals surface area contributed by atoms with Crippen LogP contribution in [0.3, 0.4) is 0 Å². The number of hydrogen-bond donors (Lipinski definition) is 2. The standard InChI is InChI=1S/C14H16N4O2/c1-14(2,3)12-11(17-8-18-12)13(19)16-7-10-5-4-9(6-15)20-10/h4-5,8H,7H2,1-3H3,(H,16,19)(H,17,18). The predicted molar refractivity (Wildman–Crippen MR) is 71.9 cm³/mol. The van der Waals surface area contributed by atoms with Crippen molar-refractivity contribution < 1.29 is 9.21 Å². The van der Waals surface area contributed by atoms with Gasteiger partial charge in [0, 0.05) is 5.41 Å². The molecular weight excluding hydrogens is 256 g/mol. The van der Waals surface area contributed by atoms with Gasteiger partial charge in [0.15, 0.2) is 0 Å². The number of nitrogens with zero attached hydrogens (tertiary/aromatic N) is 2. The van der Waals surface area contributed by atoms with E-state index in [1.165, 1.54) is 6.33 Å². The number of aromatic nitrogens is 2. The minimum Gasteiger partial charge on any atom is -0.449 e. The Morgan fingerprint density at radius 2 is 2.25 bits per heavy atom. The largest absolute Gasteiger partial charge is 0.449 e. The number of imidazole rings is 1. The Balaban J connectivity index is 2.06. The van der Waals surface area contributed by atoms with E-state index in [9.17, 15) is 4.79 Å². The summed E-state index contributed by atoms with van der Waals surface area (Å²) in [5.74, 6) is 0.484. The number of carbonyl (C=O) groups excluding carboxylic acids is 1. The third-order valence-electron chi connectivity index (χ3n) is 2.80. The van der Waals surface area contributed by atoms with Crippen molar-refractivity contribution >= 4 is 5.91 Å². The molecule has 0 fully saturated rings. The maximum atomic E-state index is 12.1. The second kappa shape index (κ2) is 5.21. The van der Waals surface area contributed by atoms with Crippen LogP contribution in [0.1, 0.15) is 48.5 Å². The van der Waals surface area contributed by atoms with E-state index in [0.29, 0.717) is 11.5 Å². The van der Waals surface area contributed by atoms with E-state index < -0.39 is 0 Å². The van der Waals surface area contributed by atoms with E-state index in [1.807, 2.05) is 26.8 Å². The number of furan rings is 1. The van der Waals surface area contributed by atoms with Crippen LogP contribution in [0.25, 0.3) is 0 Å². The van der Waals surface area contributed by atoms with Crippen LogP contribution in [0, 0.1) is 11.3 Å². The molecule has 0 unspecified atom stereocenters. The minimum atomic E-state index is -0.272. The lowest BCUT2D eigenvalue weighted by Crippen LogP contribution is -2.26. The van der Waals surface area contributed by atoms with E-state index in [4.69, 9.17) is 9.68 Å². The van der Waals surface area contributed by atoms with Gasteiger partial charge < -0.3 is 14.7 Å². The van der Waals surface area contributed by atoms with E-state index in [-0.39, 0.29) is 23.6 Å². The highest BCUT2D eigenvalue weighted by molar-refractivity contribution is 5.93. The summed E-state index contributed by atoms with van der Waals surface area (Å²) in [5.41, 5.74) is 0.971. The van der Waals surface area contributed by atoms with Crippen LogP contribution in [0.4, 0.5) is 0 Å². The molecule has 0 aliphatic rings. The highest BCUT2D eigenvalue weighted by Gasteiger charge is 2.24. The summed E-state index contributed by atoms with van der Waals surface area (Å²) in [5, 5.41) is 11.4. The lowest BCUT2D eigenvalue weighted by molar-refractivity contribution is 0.0941. The zero-order chi connectivity index (χ0) is 14.8. The number of H-pyrrole nitrogens is 1. The average molecular weight is 272 g/mol. The molecule has 2 N–H and O–H groups in total. The molecule has 0 radical (unpaired) electrons. The number of rotatable bonds is 3. The van der Waals surface area contributed by atoms with Gasteiger partial charge in [-0.15, -0.1) is 0 Å². The molecule has 6 nitrogen and oxygen atoms in total. The van der Waals surface area contributed by atoms with Gasteiger partial charge in [0.2, 0.25) is 5.76 Å². The Kier molecular flexibility index (Phi) is 3.61. The van der Waals surface area contributed by atoms with Crippen LogP contribution in [-0.2, 0) is 12.0 Å². The Morgan fingerprint density at radius 3 is 2.85 bits per heavy atom. The first-order chi connectivity index (χ1) is 9.41. The fraction of sp³-hybridized carbons (Fsp3) is 0.357. The lowest BCUT2D eigenvalue weighted by Gasteiger charge is -2.17. The van der Waals surface area contributed by atoms with Crippen LogP contribution in [0.15, 0.2) is 22.9 Å². The van der Waals surface area contributed by atoms with Crippen molar-refractivity contribution in [2.24, 2.45) is 0 Å². The summed E-state index contributed by atoms with van der Waals surface area (Å²) in [6.07, 6.45) is 1.51. The van der Waals surface area contributed by atoms with Crippen molar-refractivity contribution in [3.63, 3.8) is 0 Å². The monoisotopic (exact) mass is 272 g/mol. The van der Waals surface area contributed by atoms with Gasteiger partial charge in [-0.3, -0.25) is 4.79 Å². The highest BCUT2D eigenvalue weighted by Crippen LogP contribution is 2.22. The van der Waals surface area contributed by atoms with Gasteiger partial charge in [-0.05, 0) is 12.1 Å². The SMILES string of the molecule is CC(C)(C)c1[nH]cnc1C(=O)NCc1ccc(C#N)o1. The van der Waals surface area contributed by atoms with Crippen molar-refractivity contribution in [1.29, 1.82) is 5.26 Å². The summed E-state index contributed by atoms with van der Waals surface area (Å²) in [6, 6.07) is 5.12. The normalized spacial score (nSPS) is 11.1. The molecule has 20 heavy (non-hydrogen) atoms. The molecule has 0 spiro atoms. The molecule has 2 heterocycles. The molecule has 2 rings (SSSR count). The zero-order valence-electron chi connectivity index (χ0n) is 11.7. The number of aromatic amines is 1. The molecule has 0 atom stereocenters. The molecule has 6 heteroatoms. The van der Waals surface area contributed by atoms with Gasteiger partial charge in [0.1, 0.15) is 17.5 Å². The number of hydrogen-bond acceptors (Lipinski definition) is 4. The molecule has 1 amide bonds. The average Bonchev–Trinajstić information content (AvgIpc) is 3.03. The first kappa shape index (κ1) is 13.9. The molecule has 0 aliphatic carbocycles. The molecule has 0 aliphatic heterocycles. The molecule has 2 aromatic heterocycles. The summed E-state index contributed by atoms with van der Waals surface area (Å²) in [6.45, 7) is 6.23. The summed E-state index contributed by atoms with van der Waals surface area (Å²) < 4.78 is 5.19. The fourth-order valence-electron chi connectivity index (χ4n) is 1.82. The van der Waals surface area contributed by atoms with Crippen molar-refractivity contribution in [3.05, 3.63) is 41.4 Å². The smallest absolute Gasteiger partial charge is 0.272 e. The van der Waals surface area contributed by atoms with Crippen molar-refractivity contribution in [2.75, 3.05) is 0 Å². The number of nitrogens with one attached hydrogen (secondary N) is 2. The second-order valence-electron chi connectivity index (χ2n) is 5.44. The highest BCUT2D eigenvalue weighted by atomic mass is 16.3. The number of nitriles is 1. The summed E-state index contributed by atoms with van der Waals surface area (Å²) >= 11 is 0. The Morgan fingerprint density at radius 1 is 1.50 bits per heavy atom. The Hall–Kier alpha value is -2.55. The van der Waals surface area contributed by atoms with Crippen LogP contribution >= 0.6 is 0 Å². The molecule has 0 saturated carbocycles. The molecule has 0 aromatic carbocycles. The Labute approximate surface area is 116 Å². The number of amides is 1. The summed E-state index contributed by atoms with van der Waals surface area (Å²) in [7, 11) is 0. The molecular formula is C14H16N4O2. The maximum absolute atomic E-state index is 12.1. The quantitative estimate of drug-likeness (QED) is 0.894. The van der Waals surface area contributed by atoms with Gasteiger partial charge in [-0.1, -0.05) is 20.8 Å². The van der Waals surface area contributed by atoms with Crippen LogP contribution < -0.4 is 5.32 Å². The predicted octanol–water partition coefficient (Wildman–Crippen LogP) is 2.10. The fourth-order valence-corrected chi connectivity index (χ4v) is 1.82. The van der Waals surface area contributed by atoms with Crippen molar-refractivity contribution in [2.45, 2.75) is 32.7 Å². The van der Waals surface area contributed by atoms with Gasteiger partial charge in [0.05, 0.1) is 18.6 Å². The van der Waals surface area contributed by atoms with Crippen molar-refractivity contribution in [3.8, 4) is 6.07 Å². The van der Waals surface area contributed by atoms with Gasteiger partial charge >= 0.3 is 0 Å². The second-order valence-corrected chi connectivity index (χ2v) is 5.44. The number of carbonyl (C=O) groups is 1. The van der Waals surface area contributed by atoms with Crippen LogP contribution in [0.2, 0.25) is 0 Å². The van der Waals surface area contributed by atoms with Crippen LogP contribution in [0.5, 0.6) is 0 Å². The van der Waals surface area contributed by atoms with E-state index >= 15 is 0 Å². The topological polar surface area (TPSA) is 94.7 Å². The molecule has 2 aromatic rings. The van der Waals surface area contributed by atoms with E-state index in [2.05, 4.69) is 15.3 Å². The maximum Gasteiger partial charge on any atom is 0.272 e.